The van der Waals surface area contributed by atoms with Gasteiger partial charge >= 0.3 is 11.9 Å². The molecule has 4 nitrogen and oxygen atoms in total. The van der Waals surface area contributed by atoms with Gasteiger partial charge in [0.05, 0.1) is 11.1 Å². The fourth-order valence-corrected chi connectivity index (χ4v) is 2.25. The Kier molecular flexibility index (Phi) is 2.51. The van der Waals surface area contributed by atoms with Crippen LogP contribution in [0.4, 0.5) is 19.0 Å². The first-order valence-electron chi connectivity index (χ1n) is 5.82. The number of anilines is 1. The molecule has 0 saturated heterocycles. The molecule has 2 aromatic rings. The molecule has 100 valence electrons. The first kappa shape index (κ1) is 12.0. The second kappa shape index (κ2) is 3.97. The number of rotatable bonds is 0. The van der Waals surface area contributed by atoms with E-state index >= 15 is 0 Å². The molecule has 0 fully saturated rings. The van der Waals surface area contributed by atoms with E-state index in [1.165, 1.54) is 10.6 Å². The molecule has 1 aromatic heterocycles. The van der Waals surface area contributed by atoms with Gasteiger partial charge in [-0.3, -0.25) is 4.57 Å². The third-order valence-corrected chi connectivity index (χ3v) is 3.15. The number of alkyl halides is 3. The lowest BCUT2D eigenvalue weighted by Crippen LogP contribution is -2.30. The van der Waals surface area contributed by atoms with Crippen LogP contribution in [0.15, 0.2) is 23.0 Å². The van der Waals surface area contributed by atoms with E-state index in [0.29, 0.717) is 24.3 Å². The van der Waals surface area contributed by atoms with Crippen molar-refractivity contribution in [3.8, 4) is 0 Å². The van der Waals surface area contributed by atoms with Crippen LogP contribution in [0.2, 0.25) is 0 Å². The lowest BCUT2D eigenvalue weighted by Gasteiger charge is -2.21. The van der Waals surface area contributed by atoms with Crippen LogP contribution in [0.25, 0.3) is 10.9 Å². The van der Waals surface area contributed by atoms with Crippen molar-refractivity contribution in [1.82, 2.24) is 9.55 Å². The zero-order valence-electron chi connectivity index (χ0n) is 9.79. The van der Waals surface area contributed by atoms with Crippen LogP contribution in [-0.2, 0) is 12.7 Å². The van der Waals surface area contributed by atoms with E-state index in [1.54, 1.807) is 0 Å². The largest absolute Gasteiger partial charge is 0.416 e. The van der Waals surface area contributed by atoms with Crippen LogP contribution in [0.5, 0.6) is 0 Å². The first-order valence-corrected chi connectivity index (χ1v) is 5.82. The molecule has 19 heavy (non-hydrogen) atoms. The first-order chi connectivity index (χ1) is 8.97. The van der Waals surface area contributed by atoms with Gasteiger partial charge in [0.2, 0.25) is 0 Å². The molecule has 3 rings (SSSR count). The minimum absolute atomic E-state index is 0.277. The molecular weight excluding hydrogens is 259 g/mol. The van der Waals surface area contributed by atoms with Gasteiger partial charge in [0.15, 0.2) is 0 Å². The average Bonchev–Trinajstić information content (AvgIpc) is 2.37. The van der Waals surface area contributed by atoms with Crippen molar-refractivity contribution in [3.05, 3.63) is 34.2 Å². The predicted molar refractivity (Wildman–Crippen MR) is 64.1 cm³/mol. The Morgan fingerprint density at radius 3 is 2.84 bits per heavy atom. The highest BCUT2D eigenvalue weighted by Crippen LogP contribution is 2.33. The quantitative estimate of drug-likeness (QED) is 0.797. The number of hydrogen-bond acceptors (Lipinski definition) is 3. The Morgan fingerprint density at radius 1 is 1.32 bits per heavy atom. The fraction of sp³-hybridized carbons (Fsp3) is 0.333. The smallest absolute Gasteiger partial charge is 0.371 e. The number of aromatic nitrogens is 2. The lowest BCUT2D eigenvalue weighted by molar-refractivity contribution is -0.137. The molecule has 1 aliphatic heterocycles. The Hall–Kier alpha value is -2.05. The SMILES string of the molecule is O=c1nc2ccc(C(F)(F)F)cc2c2n1CCCN2. The number of nitrogens with zero attached hydrogens (tertiary/aromatic N) is 2. The maximum Gasteiger partial charge on any atom is 0.416 e. The molecule has 0 unspecified atom stereocenters. The third-order valence-electron chi connectivity index (χ3n) is 3.15. The van der Waals surface area contributed by atoms with Gasteiger partial charge in [-0.15, -0.1) is 0 Å². The van der Waals surface area contributed by atoms with Gasteiger partial charge < -0.3 is 5.32 Å². The number of hydrogen-bond donors (Lipinski definition) is 1. The molecule has 1 aromatic carbocycles. The summed E-state index contributed by atoms with van der Waals surface area (Å²) in [6, 6.07) is 3.21. The van der Waals surface area contributed by atoms with E-state index in [4.69, 9.17) is 0 Å². The predicted octanol–water partition coefficient (Wildman–Crippen LogP) is 2.23. The summed E-state index contributed by atoms with van der Waals surface area (Å²) >= 11 is 0. The summed E-state index contributed by atoms with van der Waals surface area (Å²) in [4.78, 5) is 15.6. The normalized spacial score (nSPS) is 15.1. The number of fused-ring (bicyclic) bond motifs is 3. The van der Waals surface area contributed by atoms with Gasteiger partial charge in [-0.05, 0) is 24.6 Å². The summed E-state index contributed by atoms with van der Waals surface area (Å²) in [6.45, 7) is 1.11. The van der Waals surface area contributed by atoms with E-state index in [2.05, 4.69) is 10.3 Å². The second-order valence-electron chi connectivity index (χ2n) is 4.40. The summed E-state index contributed by atoms with van der Waals surface area (Å²) in [5.41, 5.74) is -0.899. The summed E-state index contributed by atoms with van der Waals surface area (Å²) in [5, 5.41) is 3.31. The van der Waals surface area contributed by atoms with E-state index in [-0.39, 0.29) is 5.52 Å². The van der Waals surface area contributed by atoms with Gasteiger partial charge in [0, 0.05) is 18.5 Å². The summed E-state index contributed by atoms with van der Waals surface area (Å²) < 4.78 is 39.5. The maximum absolute atomic E-state index is 12.7. The van der Waals surface area contributed by atoms with Crippen molar-refractivity contribution in [2.24, 2.45) is 0 Å². The molecule has 0 atom stereocenters. The molecule has 1 aliphatic rings. The van der Waals surface area contributed by atoms with Crippen molar-refractivity contribution in [2.45, 2.75) is 19.1 Å². The second-order valence-corrected chi connectivity index (χ2v) is 4.40. The Labute approximate surface area is 105 Å². The molecule has 1 N–H and O–H groups in total. The van der Waals surface area contributed by atoms with Crippen molar-refractivity contribution >= 4 is 16.7 Å². The number of halogens is 3. The average molecular weight is 269 g/mol. The molecule has 0 spiro atoms. The van der Waals surface area contributed by atoms with E-state index in [0.717, 1.165) is 18.6 Å². The summed E-state index contributed by atoms with van der Waals surface area (Å²) in [6.07, 6.45) is -3.66. The van der Waals surface area contributed by atoms with E-state index in [9.17, 15) is 18.0 Å². The molecular formula is C12H10F3N3O. The standard InChI is InChI=1S/C12H10F3N3O/c13-12(14,15)7-2-3-9-8(6-7)10-16-4-1-5-18(10)11(19)17-9/h2-3,6,16H,1,4-5H2. The van der Waals surface area contributed by atoms with Crippen LogP contribution >= 0.6 is 0 Å². The fourth-order valence-electron chi connectivity index (χ4n) is 2.25. The van der Waals surface area contributed by atoms with Gasteiger partial charge in [-0.1, -0.05) is 0 Å². The zero-order chi connectivity index (χ0) is 13.6. The topological polar surface area (TPSA) is 46.9 Å². The van der Waals surface area contributed by atoms with Crippen molar-refractivity contribution in [1.29, 1.82) is 0 Å². The lowest BCUT2D eigenvalue weighted by atomic mass is 10.1. The minimum Gasteiger partial charge on any atom is -0.371 e. The Bertz CT molecular complexity index is 706. The van der Waals surface area contributed by atoms with E-state index in [1.807, 2.05) is 0 Å². The Balaban J connectivity index is 2.32. The van der Waals surface area contributed by atoms with Crippen LogP contribution < -0.4 is 11.0 Å². The van der Waals surface area contributed by atoms with Gasteiger partial charge in [0.1, 0.15) is 5.82 Å². The maximum atomic E-state index is 12.7. The summed E-state index contributed by atoms with van der Waals surface area (Å²) in [7, 11) is 0. The minimum atomic E-state index is -4.41. The monoisotopic (exact) mass is 269 g/mol. The van der Waals surface area contributed by atoms with Crippen LogP contribution in [0, 0.1) is 0 Å². The molecule has 7 heteroatoms. The molecule has 0 saturated carbocycles. The molecule has 0 amide bonds. The molecule has 0 bridgehead atoms. The van der Waals surface area contributed by atoms with Gasteiger partial charge in [0.25, 0.3) is 0 Å². The highest BCUT2D eigenvalue weighted by Gasteiger charge is 2.31. The van der Waals surface area contributed by atoms with Crippen molar-refractivity contribution in [3.63, 3.8) is 0 Å². The van der Waals surface area contributed by atoms with Crippen molar-refractivity contribution < 1.29 is 13.2 Å². The molecule has 0 radical (unpaired) electrons. The van der Waals surface area contributed by atoms with Crippen molar-refractivity contribution in [2.75, 3.05) is 11.9 Å². The van der Waals surface area contributed by atoms with Crippen LogP contribution in [0.1, 0.15) is 12.0 Å². The Morgan fingerprint density at radius 2 is 2.11 bits per heavy atom. The molecule has 0 aliphatic carbocycles. The number of benzene rings is 1. The highest BCUT2D eigenvalue weighted by molar-refractivity contribution is 5.90. The van der Waals surface area contributed by atoms with Crippen LogP contribution in [0.3, 0.4) is 0 Å². The van der Waals surface area contributed by atoms with Crippen LogP contribution in [-0.4, -0.2) is 16.1 Å². The van der Waals surface area contributed by atoms with Gasteiger partial charge in [-0.25, -0.2) is 4.79 Å². The van der Waals surface area contributed by atoms with E-state index < -0.39 is 17.4 Å². The summed E-state index contributed by atoms with van der Waals surface area (Å²) in [5.74, 6) is 0.423. The number of nitrogens with one attached hydrogen (secondary N) is 1. The highest BCUT2D eigenvalue weighted by atomic mass is 19.4. The van der Waals surface area contributed by atoms with Gasteiger partial charge in [-0.2, -0.15) is 18.2 Å². The third kappa shape index (κ3) is 1.94. The molecule has 2 heterocycles. The zero-order valence-corrected chi connectivity index (χ0v) is 9.79.